The van der Waals surface area contributed by atoms with Gasteiger partial charge in [0.1, 0.15) is 5.75 Å². The molecule has 0 saturated carbocycles. The second kappa shape index (κ2) is 8.88. The van der Waals surface area contributed by atoms with Crippen molar-refractivity contribution in [2.75, 3.05) is 0 Å². The smallest absolute Gasteiger partial charge is 0.417 e. The fourth-order valence-electron chi connectivity index (χ4n) is 3.18. The number of rotatable bonds is 5. The number of nitrogens with zero attached hydrogens (tertiary/aromatic N) is 2. The second-order valence-electron chi connectivity index (χ2n) is 6.94. The van der Waals surface area contributed by atoms with Crippen LogP contribution in [0.2, 0.25) is 5.02 Å². The van der Waals surface area contributed by atoms with E-state index in [1.165, 1.54) is 12.1 Å². The quantitative estimate of drug-likeness (QED) is 0.348. The van der Waals surface area contributed by atoms with Crippen molar-refractivity contribution in [3.05, 3.63) is 112 Å². The van der Waals surface area contributed by atoms with Crippen LogP contribution in [0.3, 0.4) is 0 Å². The molecule has 162 valence electrons. The van der Waals surface area contributed by atoms with Gasteiger partial charge in [0.2, 0.25) is 0 Å². The zero-order chi connectivity index (χ0) is 22.7. The Morgan fingerprint density at radius 2 is 1.56 bits per heavy atom. The molecule has 0 amide bonds. The molecule has 0 aliphatic carbocycles. The second-order valence-corrected chi connectivity index (χ2v) is 7.32. The Balaban J connectivity index is 1.81. The largest absolute Gasteiger partial charge is 0.424 e. The molecule has 0 atom stereocenters. The lowest BCUT2D eigenvalue weighted by molar-refractivity contribution is -0.137. The van der Waals surface area contributed by atoms with E-state index in [0.29, 0.717) is 11.1 Å². The molecule has 4 aromatic rings. The van der Waals surface area contributed by atoms with E-state index >= 15 is 0 Å². The predicted molar refractivity (Wildman–Crippen MR) is 116 cm³/mol. The van der Waals surface area contributed by atoms with Crippen LogP contribution in [0.5, 0.6) is 11.8 Å². The summed E-state index contributed by atoms with van der Waals surface area (Å²) in [5, 5.41) is -0.604. The maximum Gasteiger partial charge on any atom is 0.417 e. The molecule has 1 heterocycles. The van der Waals surface area contributed by atoms with Gasteiger partial charge in [-0.2, -0.15) is 18.2 Å². The molecule has 4 rings (SSSR count). The molecule has 0 N–H and O–H groups in total. The first kappa shape index (κ1) is 21.6. The van der Waals surface area contributed by atoms with Crippen molar-refractivity contribution in [1.29, 1.82) is 0 Å². The zero-order valence-corrected chi connectivity index (χ0v) is 17.3. The molecule has 0 fully saturated rings. The lowest BCUT2D eigenvalue weighted by Crippen LogP contribution is -2.17. The van der Waals surface area contributed by atoms with Crippen molar-refractivity contribution in [2.45, 2.75) is 12.7 Å². The Kier molecular flexibility index (Phi) is 6.01. The number of alkyl halides is 3. The highest BCUT2D eigenvalue weighted by atomic mass is 35.5. The van der Waals surface area contributed by atoms with Crippen molar-refractivity contribution in [1.82, 2.24) is 9.55 Å². The standard InChI is InChI=1S/C24H16ClF3N2O2/c25-21-19(24(26,27)28)12-7-13-20(21)32-23-29-22(31)18(17-10-5-2-6-11-17)15-30(23)14-16-8-3-1-4-9-16/h1-13,15H,14H2. The molecule has 0 aliphatic heterocycles. The average molecular weight is 457 g/mol. The summed E-state index contributed by atoms with van der Waals surface area (Å²) in [5.74, 6) is -0.248. The third-order valence-corrected chi connectivity index (χ3v) is 5.10. The van der Waals surface area contributed by atoms with E-state index < -0.39 is 22.3 Å². The van der Waals surface area contributed by atoms with Gasteiger partial charge >= 0.3 is 12.2 Å². The summed E-state index contributed by atoms with van der Waals surface area (Å²) in [4.78, 5) is 16.7. The normalized spacial score (nSPS) is 11.4. The van der Waals surface area contributed by atoms with Gasteiger partial charge in [0.05, 0.1) is 22.7 Å². The summed E-state index contributed by atoms with van der Waals surface area (Å²) in [6, 6.07) is 21.5. The minimum absolute atomic E-state index is 0.167. The maximum atomic E-state index is 13.2. The predicted octanol–water partition coefficient (Wildman–Crippen LogP) is 6.42. The molecule has 0 radical (unpaired) electrons. The van der Waals surface area contributed by atoms with Crippen molar-refractivity contribution in [3.8, 4) is 22.9 Å². The minimum Gasteiger partial charge on any atom is -0.424 e. The number of hydrogen-bond donors (Lipinski definition) is 0. The number of halogens is 4. The zero-order valence-electron chi connectivity index (χ0n) is 16.5. The summed E-state index contributed by atoms with van der Waals surface area (Å²) < 4.78 is 46.9. The summed E-state index contributed by atoms with van der Waals surface area (Å²) in [5.41, 5.74) is 0.282. The van der Waals surface area contributed by atoms with Crippen LogP contribution in [0.4, 0.5) is 13.2 Å². The van der Waals surface area contributed by atoms with Crippen molar-refractivity contribution < 1.29 is 17.9 Å². The Hall–Kier alpha value is -3.58. The van der Waals surface area contributed by atoms with Gasteiger partial charge in [-0.05, 0) is 23.3 Å². The Labute approximate surface area is 186 Å². The monoisotopic (exact) mass is 456 g/mol. The highest BCUT2D eigenvalue weighted by molar-refractivity contribution is 6.32. The van der Waals surface area contributed by atoms with Crippen molar-refractivity contribution >= 4 is 11.6 Å². The van der Waals surface area contributed by atoms with Crippen LogP contribution < -0.4 is 10.3 Å². The van der Waals surface area contributed by atoms with Crippen LogP contribution in [-0.2, 0) is 12.7 Å². The molecule has 0 aliphatic rings. The van der Waals surface area contributed by atoms with Crippen LogP contribution in [0.25, 0.3) is 11.1 Å². The Morgan fingerprint density at radius 3 is 2.22 bits per heavy atom. The lowest BCUT2D eigenvalue weighted by atomic mass is 10.1. The first-order chi connectivity index (χ1) is 15.3. The van der Waals surface area contributed by atoms with E-state index in [4.69, 9.17) is 16.3 Å². The molecular formula is C24H16ClF3N2O2. The number of ether oxygens (including phenoxy) is 1. The van der Waals surface area contributed by atoms with Gasteiger partial charge in [-0.3, -0.25) is 9.36 Å². The molecule has 0 unspecified atom stereocenters. The Morgan fingerprint density at radius 1 is 0.906 bits per heavy atom. The van der Waals surface area contributed by atoms with Crippen molar-refractivity contribution in [3.63, 3.8) is 0 Å². The summed E-state index contributed by atoms with van der Waals surface area (Å²) >= 11 is 5.96. The van der Waals surface area contributed by atoms with Crippen LogP contribution in [0.15, 0.2) is 89.9 Å². The maximum absolute atomic E-state index is 13.2. The van der Waals surface area contributed by atoms with Crippen LogP contribution in [0, 0.1) is 0 Å². The van der Waals surface area contributed by atoms with Gasteiger partial charge in [0.15, 0.2) is 0 Å². The SMILES string of the molecule is O=c1nc(Oc2cccc(C(F)(F)F)c2Cl)n(Cc2ccccc2)cc1-c1ccccc1. The molecule has 0 spiro atoms. The summed E-state index contributed by atoms with van der Waals surface area (Å²) in [6.07, 6.45) is -3.07. The Bertz CT molecular complexity index is 1290. The van der Waals surface area contributed by atoms with E-state index in [0.717, 1.165) is 11.6 Å². The third-order valence-electron chi connectivity index (χ3n) is 4.71. The van der Waals surface area contributed by atoms with Gasteiger partial charge in [-0.15, -0.1) is 0 Å². The fourth-order valence-corrected chi connectivity index (χ4v) is 3.45. The fraction of sp³-hybridized carbons (Fsp3) is 0.0833. The number of hydrogen-bond acceptors (Lipinski definition) is 3. The van der Waals surface area contributed by atoms with E-state index in [2.05, 4.69) is 4.98 Å². The summed E-state index contributed by atoms with van der Waals surface area (Å²) in [7, 11) is 0. The van der Waals surface area contributed by atoms with Crippen LogP contribution in [-0.4, -0.2) is 9.55 Å². The van der Waals surface area contributed by atoms with Gasteiger partial charge in [-0.25, -0.2) is 0 Å². The molecule has 32 heavy (non-hydrogen) atoms. The molecule has 3 aromatic carbocycles. The van der Waals surface area contributed by atoms with Crippen molar-refractivity contribution in [2.24, 2.45) is 0 Å². The first-order valence-electron chi connectivity index (χ1n) is 9.57. The van der Waals surface area contributed by atoms with Crippen LogP contribution in [0.1, 0.15) is 11.1 Å². The molecule has 4 nitrogen and oxygen atoms in total. The van der Waals surface area contributed by atoms with E-state index in [9.17, 15) is 18.0 Å². The summed E-state index contributed by atoms with van der Waals surface area (Å²) in [6.45, 7) is 0.278. The highest BCUT2D eigenvalue weighted by Gasteiger charge is 2.34. The van der Waals surface area contributed by atoms with Gasteiger partial charge in [0.25, 0.3) is 5.56 Å². The average Bonchev–Trinajstić information content (AvgIpc) is 2.77. The van der Waals surface area contributed by atoms with Gasteiger partial charge in [-0.1, -0.05) is 78.3 Å². The molecule has 0 bridgehead atoms. The van der Waals surface area contributed by atoms with Gasteiger partial charge in [0, 0.05) is 6.20 Å². The van der Waals surface area contributed by atoms with E-state index in [1.54, 1.807) is 35.0 Å². The molecule has 8 heteroatoms. The number of benzene rings is 3. The third kappa shape index (κ3) is 4.68. The number of aromatic nitrogens is 2. The molecule has 0 saturated heterocycles. The topological polar surface area (TPSA) is 44.1 Å². The molecule has 1 aromatic heterocycles. The van der Waals surface area contributed by atoms with Gasteiger partial charge < -0.3 is 4.74 Å². The minimum atomic E-state index is -4.65. The van der Waals surface area contributed by atoms with Crippen LogP contribution >= 0.6 is 11.6 Å². The first-order valence-corrected chi connectivity index (χ1v) is 9.95. The van der Waals surface area contributed by atoms with E-state index in [-0.39, 0.29) is 18.3 Å². The lowest BCUT2D eigenvalue weighted by Gasteiger charge is -2.17. The van der Waals surface area contributed by atoms with E-state index in [1.807, 2.05) is 36.4 Å². The molecular weight excluding hydrogens is 441 g/mol. The highest BCUT2D eigenvalue weighted by Crippen LogP contribution is 2.40.